The van der Waals surface area contributed by atoms with Gasteiger partial charge in [-0.15, -0.1) is 0 Å². The van der Waals surface area contributed by atoms with Crippen LogP contribution >= 0.6 is 0 Å². The van der Waals surface area contributed by atoms with Gasteiger partial charge in [0.05, 0.1) is 11.6 Å². The van der Waals surface area contributed by atoms with E-state index in [0.717, 1.165) is 27.7 Å². The third-order valence-electron chi connectivity index (χ3n) is 4.66. The molecule has 0 radical (unpaired) electrons. The molecule has 0 aliphatic rings. The Labute approximate surface area is 152 Å². The van der Waals surface area contributed by atoms with Crippen LogP contribution < -0.4 is 16.6 Å². The zero-order valence-corrected chi connectivity index (χ0v) is 15.1. The molecule has 26 heavy (non-hydrogen) atoms. The second-order valence-electron chi connectivity index (χ2n) is 6.82. The molecule has 136 valence electrons. The molecular formula is C21H25N3O2. The fourth-order valence-electron chi connectivity index (χ4n) is 3.44. The Bertz CT molecular complexity index is 925. The number of anilines is 1. The predicted octanol–water partition coefficient (Wildman–Crippen LogP) is 2.95. The fraction of sp³-hybridized carbons (Fsp3) is 0.286. The summed E-state index contributed by atoms with van der Waals surface area (Å²) in [6, 6.07) is 17.2. The Balaban J connectivity index is 2.01. The highest BCUT2D eigenvalue weighted by molar-refractivity contribution is 5.91. The van der Waals surface area contributed by atoms with Crippen molar-refractivity contribution in [3.63, 3.8) is 0 Å². The molecular weight excluding hydrogens is 326 g/mol. The first kappa shape index (κ1) is 18.2. The van der Waals surface area contributed by atoms with Crippen LogP contribution in [0.3, 0.4) is 0 Å². The number of aliphatic hydroxyl groups is 1. The van der Waals surface area contributed by atoms with Crippen molar-refractivity contribution in [2.24, 2.45) is 5.73 Å². The van der Waals surface area contributed by atoms with E-state index in [0.29, 0.717) is 6.54 Å². The van der Waals surface area contributed by atoms with Crippen LogP contribution in [0, 0.1) is 0 Å². The highest BCUT2D eigenvalue weighted by atomic mass is 16.3. The van der Waals surface area contributed by atoms with Crippen molar-refractivity contribution in [3.05, 3.63) is 76.1 Å². The lowest BCUT2D eigenvalue weighted by Gasteiger charge is -2.24. The largest absolute Gasteiger partial charge is 0.393 e. The number of rotatable bonds is 6. The molecule has 3 aromatic rings. The number of aromatic nitrogens is 1. The topological polar surface area (TPSA) is 91.1 Å². The van der Waals surface area contributed by atoms with Crippen LogP contribution in [0.2, 0.25) is 0 Å². The van der Waals surface area contributed by atoms with Crippen molar-refractivity contribution in [3.8, 4) is 0 Å². The minimum Gasteiger partial charge on any atom is -0.393 e. The van der Waals surface area contributed by atoms with Crippen LogP contribution in [0.25, 0.3) is 10.9 Å². The summed E-state index contributed by atoms with van der Waals surface area (Å²) in [5, 5.41) is 14.4. The van der Waals surface area contributed by atoms with Crippen molar-refractivity contribution in [1.82, 2.24) is 4.98 Å². The van der Waals surface area contributed by atoms with E-state index in [1.807, 2.05) is 55.5 Å². The third-order valence-corrected chi connectivity index (χ3v) is 4.66. The number of benzene rings is 2. The van der Waals surface area contributed by atoms with Crippen molar-refractivity contribution < 1.29 is 5.11 Å². The molecule has 0 aliphatic carbocycles. The molecule has 3 rings (SSSR count). The Hall–Kier alpha value is -2.63. The molecule has 1 heterocycles. The van der Waals surface area contributed by atoms with Crippen LogP contribution in [0.15, 0.2) is 59.4 Å². The van der Waals surface area contributed by atoms with Gasteiger partial charge in [-0.05, 0) is 37.1 Å². The highest BCUT2D eigenvalue weighted by Crippen LogP contribution is 2.28. The van der Waals surface area contributed by atoms with Gasteiger partial charge in [0.15, 0.2) is 0 Å². The van der Waals surface area contributed by atoms with Gasteiger partial charge in [-0.2, -0.15) is 0 Å². The van der Waals surface area contributed by atoms with Crippen LogP contribution in [-0.2, 0) is 6.54 Å². The number of fused-ring (bicyclic) bond motifs is 1. The van der Waals surface area contributed by atoms with Gasteiger partial charge in [0, 0.05) is 35.6 Å². The number of hydrogen-bond acceptors (Lipinski definition) is 4. The lowest BCUT2D eigenvalue weighted by molar-refractivity contribution is 0.152. The molecule has 0 fully saturated rings. The summed E-state index contributed by atoms with van der Waals surface area (Å²) in [6.45, 7) is 4.26. The molecule has 5 N–H and O–H groups in total. The number of H-pyrrole nitrogens is 1. The van der Waals surface area contributed by atoms with Gasteiger partial charge in [0.25, 0.3) is 0 Å². The SMILES string of the molecule is CC(N)C(c1ccc2[nH]c(=O)cc(NCc3ccccc3)c2c1)C(C)O. The minimum absolute atomic E-state index is 0.153. The molecule has 1 aromatic heterocycles. The summed E-state index contributed by atoms with van der Waals surface area (Å²) in [5.74, 6) is -0.173. The number of aliphatic hydroxyl groups excluding tert-OH is 1. The predicted molar refractivity (Wildman–Crippen MR) is 106 cm³/mol. The molecule has 0 saturated heterocycles. The second kappa shape index (κ2) is 7.72. The van der Waals surface area contributed by atoms with Gasteiger partial charge < -0.3 is 21.1 Å². The molecule has 3 atom stereocenters. The van der Waals surface area contributed by atoms with E-state index in [9.17, 15) is 9.90 Å². The Morgan fingerprint density at radius 3 is 2.50 bits per heavy atom. The molecule has 0 spiro atoms. The minimum atomic E-state index is -0.559. The van der Waals surface area contributed by atoms with E-state index in [4.69, 9.17) is 5.73 Å². The second-order valence-corrected chi connectivity index (χ2v) is 6.82. The first-order valence-electron chi connectivity index (χ1n) is 8.84. The van der Waals surface area contributed by atoms with Crippen molar-refractivity contribution in [2.75, 3.05) is 5.32 Å². The Morgan fingerprint density at radius 1 is 1.12 bits per heavy atom. The molecule has 0 bridgehead atoms. The molecule has 5 heteroatoms. The number of nitrogens with one attached hydrogen (secondary N) is 2. The average Bonchev–Trinajstić information content (AvgIpc) is 2.60. The number of hydrogen-bond donors (Lipinski definition) is 4. The van der Waals surface area contributed by atoms with E-state index in [-0.39, 0.29) is 17.5 Å². The summed E-state index contributed by atoms with van der Waals surface area (Å²) in [7, 11) is 0. The van der Waals surface area contributed by atoms with E-state index in [1.54, 1.807) is 13.0 Å². The Morgan fingerprint density at radius 2 is 1.85 bits per heavy atom. The van der Waals surface area contributed by atoms with Crippen LogP contribution in [0.1, 0.15) is 30.9 Å². The maximum absolute atomic E-state index is 12.0. The lowest BCUT2D eigenvalue weighted by atomic mass is 9.87. The van der Waals surface area contributed by atoms with E-state index in [1.165, 1.54) is 0 Å². The molecule has 0 amide bonds. The van der Waals surface area contributed by atoms with E-state index < -0.39 is 6.10 Å². The van der Waals surface area contributed by atoms with Gasteiger partial charge in [0.2, 0.25) is 5.56 Å². The molecule has 2 aromatic carbocycles. The quantitative estimate of drug-likeness (QED) is 0.549. The molecule has 0 aliphatic heterocycles. The Kier molecular flexibility index (Phi) is 5.40. The first-order valence-corrected chi connectivity index (χ1v) is 8.84. The van der Waals surface area contributed by atoms with Crippen LogP contribution in [0.4, 0.5) is 5.69 Å². The fourth-order valence-corrected chi connectivity index (χ4v) is 3.44. The molecule has 0 saturated carbocycles. The maximum atomic E-state index is 12.0. The number of nitrogens with two attached hydrogens (primary N) is 1. The van der Waals surface area contributed by atoms with Crippen molar-refractivity contribution in [1.29, 1.82) is 0 Å². The van der Waals surface area contributed by atoms with Crippen molar-refractivity contribution in [2.45, 2.75) is 38.5 Å². The van der Waals surface area contributed by atoms with Gasteiger partial charge in [-0.25, -0.2) is 0 Å². The zero-order chi connectivity index (χ0) is 18.7. The number of aromatic amines is 1. The normalized spacial score (nSPS) is 14.8. The summed E-state index contributed by atoms with van der Waals surface area (Å²) >= 11 is 0. The van der Waals surface area contributed by atoms with Crippen LogP contribution in [-0.4, -0.2) is 22.2 Å². The summed E-state index contributed by atoms with van der Waals surface area (Å²) in [5.41, 5.74) is 9.54. The van der Waals surface area contributed by atoms with E-state index in [2.05, 4.69) is 10.3 Å². The highest BCUT2D eigenvalue weighted by Gasteiger charge is 2.22. The molecule has 5 nitrogen and oxygen atoms in total. The van der Waals surface area contributed by atoms with Gasteiger partial charge in [0.1, 0.15) is 0 Å². The standard InChI is InChI=1S/C21H25N3O2/c1-13(22)21(14(2)25)16-8-9-18-17(10-16)19(11-20(26)24-18)23-12-15-6-4-3-5-7-15/h3-11,13-14,21,25H,12,22H2,1-2H3,(H2,23,24,26). The third kappa shape index (κ3) is 3.95. The van der Waals surface area contributed by atoms with E-state index >= 15 is 0 Å². The van der Waals surface area contributed by atoms with Gasteiger partial charge >= 0.3 is 0 Å². The summed E-state index contributed by atoms with van der Waals surface area (Å²) in [6.07, 6.45) is -0.559. The lowest BCUT2D eigenvalue weighted by Crippen LogP contribution is -2.32. The first-order chi connectivity index (χ1) is 12.5. The smallest absolute Gasteiger partial charge is 0.250 e. The van der Waals surface area contributed by atoms with Gasteiger partial charge in [-0.3, -0.25) is 4.79 Å². The molecule has 3 unspecified atom stereocenters. The van der Waals surface area contributed by atoms with Crippen LogP contribution in [0.5, 0.6) is 0 Å². The maximum Gasteiger partial charge on any atom is 0.250 e. The number of pyridine rings is 1. The summed E-state index contributed by atoms with van der Waals surface area (Å²) < 4.78 is 0. The zero-order valence-electron chi connectivity index (χ0n) is 15.1. The van der Waals surface area contributed by atoms with Gasteiger partial charge in [-0.1, -0.05) is 36.4 Å². The monoisotopic (exact) mass is 351 g/mol. The van der Waals surface area contributed by atoms with Crippen molar-refractivity contribution >= 4 is 16.6 Å². The average molecular weight is 351 g/mol. The summed E-state index contributed by atoms with van der Waals surface area (Å²) in [4.78, 5) is 14.9.